The van der Waals surface area contributed by atoms with Crippen molar-refractivity contribution in [2.24, 2.45) is 0 Å². The van der Waals surface area contributed by atoms with E-state index in [2.05, 4.69) is 11.1 Å². The van der Waals surface area contributed by atoms with Crippen molar-refractivity contribution in [3.8, 4) is 5.75 Å². The molecule has 90 valence electrons. The molecule has 0 amide bonds. The summed E-state index contributed by atoms with van der Waals surface area (Å²) in [6, 6.07) is 10.0. The molecule has 0 aliphatic heterocycles. The molecule has 0 saturated carbocycles. The summed E-state index contributed by atoms with van der Waals surface area (Å²) in [6.07, 6.45) is 0.0438. The van der Waals surface area contributed by atoms with E-state index in [-0.39, 0.29) is 6.10 Å². The van der Waals surface area contributed by atoms with Gasteiger partial charge in [0, 0.05) is 24.3 Å². The second-order valence-electron chi connectivity index (χ2n) is 4.19. The molecule has 3 heteroatoms. The molecule has 0 saturated heterocycles. The molecule has 1 atom stereocenters. The van der Waals surface area contributed by atoms with Gasteiger partial charge in [0.05, 0.1) is 12.1 Å². The van der Waals surface area contributed by atoms with Crippen LogP contribution in [0.4, 0.5) is 0 Å². The zero-order valence-corrected chi connectivity index (χ0v) is 10.4. The SMILES string of the molecule is COCC(C)Oc1ccc2ccc(C)nc2c1. The normalized spacial score (nSPS) is 12.6. The predicted molar refractivity (Wildman–Crippen MR) is 68.4 cm³/mol. The number of aromatic nitrogens is 1. The average Bonchev–Trinajstić information content (AvgIpc) is 2.28. The highest BCUT2D eigenvalue weighted by molar-refractivity contribution is 5.80. The molecule has 0 aliphatic rings. The van der Waals surface area contributed by atoms with Crippen LogP contribution in [0.5, 0.6) is 5.75 Å². The first-order valence-electron chi connectivity index (χ1n) is 5.72. The molecule has 0 radical (unpaired) electrons. The molecule has 0 aliphatic carbocycles. The largest absolute Gasteiger partial charge is 0.488 e. The Morgan fingerprint density at radius 2 is 2.00 bits per heavy atom. The molecular weight excluding hydrogens is 214 g/mol. The van der Waals surface area contributed by atoms with Gasteiger partial charge in [-0.1, -0.05) is 6.07 Å². The average molecular weight is 231 g/mol. The van der Waals surface area contributed by atoms with Gasteiger partial charge in [0.25, 0.3) is 0 Å². The van der Waals surface area contributed by atoms with Crippen LogP contribution < -0.4 is 4.74 Å². The Labute approximate surface area is 101 Å². The molecule has 0 bridgehead atoms. The molecule has 1 aromatic heterocycles. The van der Waals surface area contributed by atoms with Crippen molar-refractivity contribution in [3.63, 3.8) is 0 Å². The van der Waals surface area contributed by atoms with E-state index in [0.717, 1.165) is 22.3 Å². The molecular formula is C14H17NO2. The fourth-order valence-corrected chi connectivity index (χ4v) is 1.77. The monoisotopic (exact) mass is 231 g/mol. The third-order valence-electron chi connectivity index (χ3n) is 2.54. The predicted octanol–water partition coefficient (Wildman–Crippen LogP) is 2.96. The zero-order valence-electron chi connectivity index (χ0n) is 10.4. The maximum atomic E-state index is 5.74. The van der Waals surface area contributed by atoms with Crippen LogP contribution in [-0.4, -0.2) is 24.8 Å². The Balaban J connectivity index is 2.24. The minimum atomic E-state index is 0.0438. The second kappa shape index (κ2) is 5.15. The van der Waals surface area contributed by atoms with Crippen molar-refractivity contribution in [2.75, 3.05) is 13.7 Å². The van der Waals surface area contributed by atoms with Gasteiger partial charge < -0.3 is 9.47 Å². The summed E-state index contributed by atoms with van der Waals surface area (Å²) in [5.41, 5.74) is 1.98. The zero-order chi connectivity index (χ0) is 12.3. The summed E-state index contributed by atoms with van der Waals surface area (Å²) in [5, 5.41) is 1.13. The number of pyridine rings is 1. The van der Waals surface area contributed by atoms with Crippen molar-refractivity contribution >= 4 is 10.9 Å². The van der Waals surface area contributed by atoms with Gasteiger partial charge in [-0.2, -0.15) is 0 Å². The minimum absolute atomic E-state index is 0.0438. The summed E-state index contributed by atoms with van der Waals surface area (Å²) in [6.45, 7) is 4.55. The first kappa shape index (κ1) is 11.9. The quantitative estimate of drug-likeness (QED) is 0.810. The van der Waals surface area contributed by atoms with Crippen LogP contribution in [0.1, 0.15) is 12.6 Å². The number of methoxy groups -OCH3 is 1. The Morgan fingerprint density at radius 3 is 2.76 bits per heavy atom. The van der Waals surface area contributed by atoms with E-state index in [0.29, 0.717) is 6.61 Å². The fourth-order valence-electron chi connectivity index (χ4n) is 1.77. The number of hydrogen-bond donors (Lipinski definition) is 0. The maximum Gasteiger partial charge on any atom is 0.122 e. The number of fused-ring (bicyclic) bond motifs is 1. The number of ether oxygens (including phenoxy) is 2. The highest BCUT2D eigenvalue weighted by atomic mass is 16.5. The smallest absolute Gasteiger partial charge is 0.122 e. The molecule has 3 nitrogen and oxygen atoms in total. The lowest BCUT2D eigenvalue weighted by Crippen LogP contribution is -2.17. The molecule has 0 spiro atoms. The molecule has 17 heavy (non-hydrogen) atoms. The first-order chi connectivity index (χ1) is 8.19. The topological polar surface area (TPSA) is 31.4 Å². The third kappa shape index (κ3) is 2.94. The summed E-state index contributed by atoms with van der Waals surface area (Å²) < 4.78 is 10.8. The van der Waals surface area contributed by atoms with Gasteiger partial charge in [0.1, 0.15) is 11.9 Å². The molecule has 2 aromatic rings. The van der Waals surface area contributed by atoms with E-state index >= 15 is 0 Å². The third-order valence-corrected chi connectivity index (χ3v) is 2.54. The van der Waals surface area contributed by atoms with E-state index in [1.54, 1.807) is 7.11 Å². The lowest BCUT2D eigenvalue weighted by Gasteiger charge is -2.13. The molecule has 1 aromatic carbocycles. The van der Waals surface area contributed by atoms with E-state index in [1.807, 2.05) is 38.1 Å². The number of hydrogen-bond acceptors (Lipinski definition) is 3. The van der Waals surface area contributed by atoms with Crippen LogP contribution in [0.3, 0.4) is 0 Å². The molecule has 2 rings (SSSR count). The van der Waals surface area contributed by atoms with Gasteiger partial charge in [0.15, 0.2) is 0 Å². The number of rotatable bonds is 4. The number of benzene rings is 1. The van der Waals surface area contributed by atoms with Crippen molar-refractivity contribution in [2.45, 2.75) is 20.0 Å². The van der Waals surface area contributed by atoms with Crippen LogP contribution in [0.15, 0.2) is 30.3 Å². The summed E-state index contributed by atoms with van der Waals surface area (Å²) >= 11 is 0. The van der Waals surface area contributed by atoms with E-state index in [9.17, 15) is 0 Å². The van der Waals surface area contributed by atoms with Gasteiger partial charge >= 0.3 is 0 Å². The van der Waals surface area contributed by atoms with Crippen molar-refractivity contribution in [1.82, 2.24) is 4.98 Å². The maximum absolute atomic E-state index is 5.74. The lowest BCUT2D eigenvalue weighted by atomic mass is 10.2. The van der Waals surface area contributed by atoms with Crippen LogP contribution in [0.25, 0.3) is 10.9 Å². The van der Waals surface area contributed by atoms with Crippen LogP contribution in [0.2, 0.25) is 0 Å². The Morgan fingerprint density at radius 1 is 1.24 bits per heavy atom. The summed E-state index contributed by atoms with van der Waals surface area (Å²) in [4.78, 5) is 4.48. The van der Waals surface area contributed by atoms with Gasteiger partial charge in [0.2, 0.25) is 0 Å². The number of nitrogens with zero attached hydrogens (tertiary/aromatic N) is 1. The Bertz CT molecular complexity index is 511. The first-order valence-corrected chi connectivity index (χ1v) is 5.72. The second-order valence-corrected chi connectivity index (χ2v) is 4.19. The van der Waals surface area contributed by atoms with Gasteiger partial charge in [-0.05, 0) is 32.0 Å². The fraction of sp³-hybridized carbons (Fsp3) is 0.357. The highest BCUT2D eigenvalue weighted by Gasteiger charge is 2.04. The molecule has 1 unspecified atom stereocenters. The van der Waals surface area contributed by atoms with E-state index in [1.165, 1.54) is 0 Å². The van der Waals surface area contributed by atoms with Crippen molar-refractivity contribution in [1.29, 1.82) is 0 Å². The Hall–Kier alpha value is -1.61. The van der Waals surface area contributed by atoms with Crippen LogP contribution in [0, 0.1) is 6.92 Å². The van der Waals surface area contributed by atoms with Crippen molar-refractivity contribution in [3.05, 3.63) is 36.0 Å². The molecule has 1 heterocycles. The lowest BCUT2D eigenvalue weighted by molar-refractivity contribution is 0.0922. The van der Waals surface area contributed by atoms with Crippen LogP contribution >= 0.6 is 0 Å². The number of aryl methyl sites for hydroxylation is 1. The Kier molecular flexibility index (Phi) is 3.59. The van der Waals surface area contributed by atoms with Gasteiger partial charge in [-0.3, -0.25) is 4.98 Å². The standard InChI is InChI=1S/C14H17NO2/c1-10-4-5-12-6-7-13(8-14(12)15-10)17-11(2)9-16-3/h4-8,11H,9H2,1-3H3. The van der Waals surface area contributed by atoms with Crippen molar-refractivity contribution < 1.29 is 9.47 Å². The van der Waals surface area contributed by atoms with Crippen LogP contribution in [-0.2, 0) is 4.74 Å². The summed E-state index contributed by atoms with van der Waals surface area (Å²) in [7, 11) is 1.67. The highest BCUT2D eigenvalue weighted by Crippen LogP contribution is 2.20. The minimum Gasteiger partial charge on any atom is -0.488 e. The van der Waals surface area contributed by atoms with Gasteiger partial charge in [-0.25, -0.2) is 0 Å². The molecule has 0 fully saturated rings. The molecule has 0 N–H and O–H groups in total. The van der Waals surface area contributed by atoms with E-state index in [4.69, 9.17) is 9.47 Å². The van der Waals surface area contributed by atoms with Gasteiger partial charge in [-0.15, -0.1) is 0 Å². The summed E-state index contributed by atoms with van der Waals surface area (Å²) in [5.74, 6) is 0.833. The van der Waals surface area contributed by atoms with E-state index < -0.39 is 0 Å².